The molecule has 3 rings (SSSR count). The van der Waals surface area contributed by atoms with Crippen molar-refractivity contribution in [2.75, 3.05) is 13.1 Å². The van der Waals surface area contributed by atoms with Crippen LogP contribution in [0.4, 0.5) is 0 Å². The molecule has 2 N–H and O–H groups in total. The predicted molar refractivity (Wildman–Crippen MR) is 80.7 cm³/mol. The molecule has 3 aliphatic rings. The van der Waals surface area contributed by atoms with Crippen LogP contribution in [0, 0.1) is 5.92 Å². The van der Waals surface area contributed by atoms with E-state index in [9.17, 15) is 9.59 Å². The molecule has 2 amide bonds. The van der Waals surface area contributed by atoms with E-state index in [4.69, 9.17) is 0 Å². The van der Waals surface area contributed by atoms with Crippen LogP contribution in [0.25, 0.3) is 0 Å². The monoisotopic (exact) mass is 293 g/mol. The standard InChI is InChI=1S/C16H27N3O2/c1-2-11-7-8-17-13(10-11)16(21)19-9-3-4-14(19)15(20)18-12-5-6-12/h11-14,17H,2-10H2,1H3,(H,18,20). The Bertz CT molecular complexity index is 408. The highest BCUT2D eigenvalue weighted by Crippen LogP contribution is 2.25. The van der Waals surface area contributed by atoms with Crippen LogP contribution in [0.2, 0.25) is 0 Å². The molecule has 0 aromatic heterocycles. The number of hydrogen-bond donors (Lipinski definition) is 2. The van der Waals surface area contributed by atoms with Crippen molar-refractivity contribution >= 4 is 11.8 Å². The number of nitrogens with one attached hydrogen (secondary N) is 2. The van der Waals surface area contributed by atoms with Gasteiger partial charge in [0, 0.05) is 12.6 Å². The lowest BCUT2D eigenvalue weighted by molar-refractivity contribution is -0.140. The normalized spacial score (nSPS) is 33.0. The fraction of sp³-hybridized carbons (Fsp3) is 0.875. The second-order valence-electron chi connectivity index (χ2n) is 6.78. The molecular weight excluding hydrogens is 266 g/mol. The van der Waals surface area contributed by atoms with Crippen LogP contribution in [-0.4, -0.2) is 47.9 Å². The Kier molecular flexibility index (Phi) is 4.48. The summed E-state index contributed by atoms with van der Waals surface area (Å²) in [5.41, 5.74) is 0. The first-order valence-electron chi connectivity index (χ1n) is 8.53. The summed E-state index contributed by atoms with van der Waals surface area (Å²) in [6, 6.07) is 0.0484. The van der Waals surface area contributed by atoms with Crippen LogP contribution >= 0.6 is 0 Å². The lowest BCUT2D eigenvalue weighted by Crippen LogP contribution is -2.54. The molecule has 0 radical (unpaired) electrons. The Hall–Kier alpha value is -1.10. The lowest BCUT2D eigenvalue weighted by atomic mass is 9.90. The summed E-state index contributed by atoms with van der Waals surface area (Å²) in [7, 11) is 0. The van der Waals surface area contributed by atoms with Gasteiger partial charge >= 0.3 is 0 Å². The third kappa shape index (κ3) is 3.39. The number of piperidine rings is 1. The topological polar surface area (TPSA) is 61.4 Å². The van der Waals surface area contributed by atoms with Gasteiger partial charge in [0.2, 0.25) is 11.8 Å². The Morgan fingerprint density at radius 3 is 2.76 bits per heavy atom. The first kappa shape index (κ1) is 14.8. The zero-order valence-corrected chi connectivity index (χ0v) is 12.9. The van der Waals surface area contributed by atoms with Gasteiger partial charge in [0.1, 0.15) is 6.04 Å². The second kappa shape index (κ2) is 6.34. The lowest BCUT2D eigenvalue weighted by Gasteiger charge is -2.33. The van der Waals surface area contributed by atoms with Gasteiger partial charge < -0.3 is 15.5 Å². The quantitative estimate of drug-likeness (QED) is 0.814. The fourth-order valence-electron chi connectivity index (χ4n) is 3.58. The van der Waals surface area contributed by atoms with E-state index < -0.39 is 0 Å². The average Bonchev–Trinajstić information content (AvgIpc) is 3.18. The number of rotatable bonds is 4. The molecule has 0 spiro atoms. The van der Waals surface area contributed by atoms with Gasteiger partial charge in [-0.15, -0.1) is 0 Å². The van der Waals surface area contributed by atoms with Crippen molar-refractivity contribution < 1.29 is 9.59 Å². The Morgan fingerprint density at radius 2 is 2.05 bits per heavy atom. The molecule has 1 aliphatic carbocycles. The van der Waals surface area contributed by atoms with Crippen LogP contribution in [0.1, 0.15) is 51.9 Å². The molecule has 5 nitrogen and oxygen atoms in total. The van der Waals surface area contributed by atoms with Gasteiger partial charge in [-0.2, -0.15) is 0 Å². The predicted octanol–water partition coefficient (Wildman–Crippen LogP) is 1.03. The highest BCUT2D eigenvalue weighted by Gasteiger charge is 2.39. The Morgan fingerprint density at radius 1 is 1.24 bits per heavy atom. The maximum atomic E-state index is 12.8. The minimum absolute atomic E-state index is 0.0613. The molecule has 2 aliphatic heterocycles. The highest BCUT2D eigenvalue weighted by atomic mass is 16.2. The van der Waals surface area contributed by atoms with E-state index in [0.29, 0.717) is 12.0 Å². The minimum Gasteiger partial charge on any atom is -0.352 e. The molecule has 3 unspecified atom stereocenters. The maximum Gasteiger partial charge on any atom is 0.243 e. The summed E-state index contributed by atoms with van der Waals surface area (Å²) in [6.45, 7) is 3.84. The van der Waals surface area contributed by atoms with Crippen LogP contribution in [0.3, 0.4) is 0 Å². The van der Waals surface area contributed by atoms with Gasteiger partial charge in [0.05, 0.1) is 6.04 Å². The molecule has 2 heterocycles. The molecule has 0 bridgehead atoms. The number of carbonyl (C=O) groups excluding carboxylic acids is 2. The SMILES string of the molecule is CCC1CCNC(C(=O)N2CCCC2C(=O)NC2CC2)C1. The number of nitrogens with zero attached hydrogens (tertiary/aromatic N) is 1. The molecule has 0 aromatic rings. The Labute approximate surface area is 126 Å². The van der Waals surface area contributed by atoms with Gasteiger partial charge in [0.25, 0.3) is 0 Å². The Balaban J connectivity index is 1.60. The van der Waals surface area contributed by atoms with Crippen molar-refractivity contribution in [2.45, 2.75) is 70.0 Å². The van der Waals surface area contributed by atoms with Gasteiger partial charge in [-0.25, -0.2) is 0 Å². The molecule has 5 heteroatoms. The van der Waals surface area contributed by atoms with E-state index in [0.717, 1.165) is 58.0 Å². The van der Waals surface area contributed by atoms with Gasteiger partial charge in [-0.3, -0.25) is 9.59 Å². The highest BCUT2D eigenvalue weighted by molar-refractivity contribution is 5.90. The fourth-order valence-corrected chi connectivity index (χ4v) is 3.58. The summed E-state index contributed by atoms with van der Waals surface area (Å²) in [5, 5.41) is 6.40. The zero-order chi connectivity index (χ0) is 14.8. The van der Waals surface area contributed by atoms with Crippen LogP contribution in [0.15, 0.2) is 0 Å². The smallest absolute Gasteiger partial charge is 0.243 e. The van der Waals surface area contributed by atoms with E-state index >= 15 is 0 Å². The van der Waals surface area contributed by atoms with Gasteiger partial charge in [-0.1, -0.05) is 13.3 Å². The third-order valence-electron chi connectivity index (χ3n) is 5.15. The van der Waals surface area contributed by atoms with Crippen molar-refractivity contribution in [3.8, 4) is 0 Å². The van der Waals surface area contributed by atoms with Gasteiger partial charge in [0.15, 0.2) is 0 Å². The van der Waals surface area contributed by atoms with Gasteiger partial charge in [-0.05, 0) is 51.0 Å². The summed E-state index contributed by atoms with van der Waals surface area (Å²) < 4.78 is 0. The summed E-state index contributed by atoms with van der Waals surface area (Å²) in [6.07, 6.45) is 7.15. The number of amides is 2. The number of likely N-dealkylation sites (tertiary alicyclic amines) is 1. The first-order valence-corrected chi connectivity index (χ1v) is 8.53. The molecule has 1 saturated carbocycles. The summed E-state index contributed by atoms with van der Waals surface area (Å²) in [5.74, 6) is 0.842. The molecule has 0 aromatic carbocycles. The first-order chi connectivity index (χ1) is 10.2. The third-order valence-corrected chi connectivity index (χ3v) is 5.15. The number of hydrogen-bond acceptors (Lipinski definition) is 3. The molecule has 21 heavy (non-hydrogen) atoms. The largest absolute Gasteiger partial charge is 0.352 e. The second-order valence-corrected chi connectivity index (χ2v) is 6.78. The van der Waals surface area contributed by atoms with E-state index in [2.05, 4.69) is 17.6 Å². The van der Waals surface area contributed by atoms with Crippen molar-refractivity contribution in [1.29, 1.82) is 0 Å². The van der Waals surface area contributed by atoms with Crippen molar-refractivity contribution in [2.24, 2.45) is 5.92 Å². The van der Waals surface area contributed by atoms with Crippen LogP contribution < -0.4 is 10.6 Å². The van der Waals surface area contributed by atoms with Crippen LogP contribution in [0.5, 0.6) is 0 Å². The summed E-state index contributed by atoms with van der Waals surface area (Å²) in [4.78, 5) is 26.9. The van der Waals surface area contributed by atoms with Crippen molar-refractivity contribution in [3.05, 3.63) is 0 Å². The number of carbonyl (C=O) groups is 2. The van der Waals surface area contributed by atoms with E-state index in [1.165, 1.54) is 0 Å². The average molecular weight is 293 g/mol. The molecule has 2 saturated heterocycles. The zero-order valence-electron chi connectivity index (χ0n) is 12.9. The minimum atomic E-state index is -0.234. The van der Waals surface area contributed by atoms with Crippen molar-refractivity contribution in [3.63, 3.8) is 0 Å². The molecule has 118 valence electrons. The molecule has 3 atom stereocenters. The van der Waals surface area contributed by atoms with E-state index in [-0.39, 0.29) is 23.9 Å². The van der Waals surface area contributed by atoms with E-state index in [1.807, 2.05) is 4.90 Å². The molecule has 3 fully saturated rings. The van der Waals surface area contributed by atoms with Crippen LogP contribution in [-0.2, 0) is 9.59 Å². The van der Waals surface area contributed by atoms with Crippen molar-refractivity contribution in [1.82, 2.24) is 15.5 Å². The summed E-state index contributed by atoms with van der Waals surface area (Å²) >= 11 is 0. The molecular formula is C16H27N3O2. The van der Waals surface area contributed by atoms with E-state index in [1.54, 1.807) is 0 Å². The maximum absolute atomic E-state index is 12.8.